The summed E-state index contributed by atoms with van der Waals surface area (Å²) in [7, 11) is 0. The minimum absolute atomic E-state index is 0.641. The van der Waals surface area contributed by atoms with E-state index in [-0.39, 0.29) is 0 Å². The highest BCUT2D eigenvalue weighted by molar-refractivity contribution is 5.85. The topological polar surface area (TPSA) is 62.7 Å². The Labute approximate surface area is 110 Å². The van der Waals surface area contributed by atoms with Gasteiger partial charge in [0.15, 0.2) is 5.58 Å². The van der Waals surface area contributed by atoms with E-state index in [4.69, 9.17) is 9.78 Å². The molecule has 0 aliphatic carbocycles. The Morgan fingerprint density at radius 1 is 1.11 bits per heavy atom. The first-order chi connectivity index (χ1) is 9.19. The summed E-state index contributed by atoms with van der Waals surface area (Å²) in [5.41, 5.74) is 4.89. The van der Waals surface area contributed by atoms with Crippen LogP contribution in [0.5, 0.6) is 0 Å². The lowest BCUT2D eigenvalue weighted by Gasteiger charge is -2.03. The maximum atomic E-state index is 8.81. The highest BCUT2D eigenvalue weighted by Crippen LogP contribution is 2.26. The Kier molecular flexibility index (Phi) is 2.53. The SMILES string of the molecule is Cc1noc2c(C)nc(-c3ccc(C#N)cc3)cc12. The molecule has 0 N–H and O–H groups in total. The molecule has 92 valence electrons. The predicted molar refractivity (Wildman–Crippen MR) is 71.4 cm³/mol. The number of aryl methyl sites for hydroxylation is 2. The maximum Gasteiger partial charge on any atom is 0.188 e. The number of nitriles is 1. The minimum atomic E-state index is 0.641. The smallest absolute Gasteiger partial charge is 0.188 e. The van der Waals surface area contributed by atoms with E-state index in [1.807, 2.05) is 32.0 Å². The van der Waals surface area contributed by atoms with Crippen LogP contribution in [0, 0.1) is 25.2 Å². The minimum Gasteiger partial charge on any atom is -0.354 e. The molecule has 1 aromatic carbocycles. The summed E-state index contributed by atoms with van der Waals surface area (Å²) < 4.78 is 5.25. The van der Waals surface area contributed by atoms with Gasteiger partial charge in [0.1, 0.15) is 0 Å². The molecule has 0 aliphatic heterocycles. The molecule has 0 unspecified atom stereocenters. The molecule has 0 atom stereocenters. The van der Waals surface area contributed by atoms with Crippen LogP contribution >= 0.6 is 0 Å². The molecule has 4 heteroatoms. The second-order valence-electron chi connectivity index (χ2n) is 4.43. The van der Waals surface area contributed by atoms with Crippen molar-refractivity contribution in [3.05, 3.63) is 47.3 Å². The number of hydrogen-bond donors (Lipinski definition) is 0. The second kappa shape index (κ2) is 4.21. The summed E-state index contributed by atoms with van der Waals surface area (Å²) in [4.78, 5) is 4.52. The van der Waals surface area contributed by atoms with Crippen LogP contribution in [0.3, 0.4) is 0 Å². The van der Waals surface area contributed by atoms with Crippen molar-refractivity contribution in [2.24, 2.45) is 0 Å². The second-order valence-corrected chi connectivity index (χ2v) is 4.43. The molecule has 2 aromatic heterocycles. The van der Waals surface area contributed by atoms with Crippen LogP contribution in [-0.4, -0.2) is 10.1 Å². The van der Waals surface area contributed by atoms with E-state index in [0.717, 1.165) is 33.6 Å². The van der Waals surface area contributed by atoms with Gasteiger partial charge in [-0.05, 0) is 32.0 Å². The first kappa shape index (κ1) is 11.4. The highest BCUT2D eigenvalue weighted by Gasteiger charge is 2.11. The van der Waals surface area contributed by atoms with Crippen molar-refractivity contribution in [2.75, 3.05) is 0 Å². The van der Waals surface area contributed by atoms with Gasteiger partial charge in [0.2, 0.25) is 0 Å². The van der Waals surface area contributed by atoms with Gasteiger partial charge in [-0.3, -0.25) is 0 Å². The third kappa shape index (κ3) is 1.85. The molecule has 2 heterocycles. The largest absolute Gasteiger partial charge is 0.354 e. The molecule has 4 nitrogen and oxygen atoms in total. The summed E-state index contributed by atoms with van der Waals surface area (Å²) in [6.45, 7) is 3.81. The van der Waals surface area contributed by atoms with Gasteiger partial charge >= 0.3 is 0 Å². The molecule has 0 fully saturated rings. The molecule has 19 heavy (non-hydrogen) atoms. The highest BCUT2D eigenvalue weighted by atomic mass is 16.5. The van der Waals surface area contributed by atoms with Gasteiger partial charge < -0.3 is 4.52 Å². The standard InChI is InChI=1S/C15H11N3O/c1-9-13-7-14(17-10(2)15(13)19-18-9)12-5-3-11(8-16)4-6-12/h3-7H,1-2H3. The first-order valence-electron chi connectivity index (χ1n) is 5.93. The third-order valence-electron chi connectivity index (χ3n) is 3.12. The van der Waals surface area contributed by atoms with Crippen LogP contribution in [0.2, 0.25) is 0 Å². The maximum absolute atomic E-state index is 8.81. The molecule has 0 aliphatic rings. The molecule has 0 saturated heterocycles. The van der Waals surface area contributed by atoms with Gasteiger partial charge in [-0.25, -0.2) is 4.98 Å². The van der Waals surface area contributed by atoms with E-state index in [9.17, 15) is 0 Å². The van der Waals surface area contributed by atoms with Crippen LogP contribution in [0.4, 0.5) is 0 Å². The monoisotopic (exact) mass is 249 g/mol. The number of fused-ring (bicyclic) bond motifs is 1. The lowest BCUT2D eigenvalue weighted by Crippen LogP contribution is -1.88. The van der Waals surface area contributed by atoms with E-state index in [1.54, 1.807) is 12.1 Å². The van der Waals surface area contributed by atoms with E-state index >= 15 is 0 Å². The molecule has 3 aromatic rings. The van der Waals surface area contributed by atoms with Gasteiger partial charge in [0.25, 0.3) is 0 Å². The van der Waals surface area contributed by atoms with Crippen LogP contribution in [0.25, 0.3) is 22.2 Å². The van der Waals surface area contributed by atoms with Crippen molar-refractivity contribution in [1.82, 2.24) is 10.1 Å². The van der Waals surface area contributed by atoms with Gasteiger partial charge in [-0.15, -0.1) is 0 Å². The Morgan fingerprint density at radius 2 is 1.84 bits per heavy atom. The van der Waals surface area contributed by atoms with Crippen LogP contribution in [0.15, 0.2) is 34.9 Å². The molecule has 0 radical (unpaired) electrons. The summed E-state index contributed by atoms with van der Waals surface area (Å²) in [5, 5.41) is 13.7. The average Bonchev–Trinajstić information content (AvgIpc) is 2.81. The van der Waals surface area contributed by atoms with Crippen molar-refractivity contribution < 1.29 is 4.52 Å². The van der Waals surface area contributed by atoms with Crippen LogP contribution < -0.4 is 0 Å². The van der Waals surface area contributed by atoms with Crippen molar-refractivity contribution in [1.29, 1.82) is 5.26 Å². The number of hydrogen-bond acceptors (Lipinski definition) is 4. The van der Waals surface area contributed by atoms with E-state index in [1.165, 1.54) is 0 Å². The van der Waals surface area contributed by atoms with Crippen molar-refractivity contribution in [3.63, 3.8) is 0 Å². The molecule has 0 amide bonds. The lowest BCUT2D eigenvalue weighted by atomic mass is 10.1. The van der Waals surface area contributed by atoms with E-state index in [0.29, 0.717) is 5.56 Å². The zero-order chi connectivity index (χ0) is 13.4. The zero-order valence-electron chi connectivity index (χ0n) is 10.6. The fourth-order valence-electron chi connectivity index (χ4n) is 2.07. The number of pyridine rings is 1. The lowest BCUT2D eigenvalue weighted by molar-refractivity contribution is 0.448. The van der Waals surface area contributed by atoms with Gasteiger partial charge in [0, 0.05) is 10.9 Å². The van der Waals surface area contributed by atoms with Crippen LogP contribution in [0.1, 0.15) is 17.0 Å². The number of rotatable bonds is 1. The Hall–Kier alpha value is -2.67. The summed E-state index contributed by atoms with van der Waals surface area (Å²) in [6.07, 6.45) is 0. The fourth-order valence-corrected chi connectivity index (χ4v) is 2.07. The van der Waals surface area contributed by atoms with E-state index in [2.05, 4.69) is 16.2 Å². The normalized spacial score (nSPS) is 10.6. The first-order valence-corrected chi connectivity index (χ1v) is 5.93. The molecule has 0 bridgehead atoms. The predicted octanol–water partition coefficient (Wildman–Crippen LogP) is 3.38. The molecular formula is C15H11N3O. The van der Waals surface area contributed by atoms with Crippen molar-refractivity contribution in [2.45, 2.75) is 13.8 Å². The van der Waals surface area contributed by atoms with E-state index < -0.39 is 0 Å². The molecular weight excluding hydrogens is 238 g/mol. The molecule has 0 spiro atoms. The summed E-state index contributed by atoms with van der Waals surface area (Å²) >= 11 is 0. The van der Waals surface area contributed by atoms with Gasteiger partial charge in [-0.1, -0.05) is 17.3 Å². The van der Waals surface area contributed by atoms with Crippen LogP contribution in [-0.2, 0) is 0 Å². The van der Waals surface area contributed by atoms with Crippen molar-refractivity contribution >= 4 is 11.0 Å². The Bertz CT molecular complexity index is 795. The van der Waals surface area contributed by atoms with Crippen molar-refractivity contribution in [3.8, 4) is 17.3 Å². The van der Waals surface area contributed by atoms with Gasteiger partial charge in [-0.2, -0.15) is 5.26 Å². The number of benzene rings is 1. The quantitative estimate of drug-likeness (QED) is 0.663. The molecule has 3 rings (SSSR count). The number of nitrogens with zero attached hydrogens (tertiary/aromatic N) is 3. The summed E-state index contributed by atoms with van der Waals surface area (Å²) in [6, 6.07) is 11.4. The third-order valence-corrected chi connectivity index (χ3v) is 3.12. The Balaban J connectivity index is 2.19. The number of aromatic nitrogens is 2. The Morgan fingerprint density at radius 3 is 2.53 bits per heavy atom. The molecule has 0 saturated carbocycles. The zero-order valence-corrected chi connectivity index (χ0v) is 10.6. The summed E-state index contributed by atoms with van der Waals surface area (Å²) in [5.74, 6) is 0. The average molecular weight is 249 g/mol. The fraction of sp³-hybridized carbons (Fsp3) is 0.133. The van der Waals surface area contributed by atoms with Gasteiger partial charge in [0.05, 0.1) is 28.7 Å².